The number of hydrogen-bond acceptors (Lipinski definition) is 2. The Labute approximate surface area is 113 Å². The van der Waals surface area contributed by atoms with Gasteiger partial charge in [0.25, 0.3) is 0 Å². The molecule has 0 aromatic carbocycles. The van der Waals surface area contributed by atoms with Gasteiger partial charge in [0.15, 0.2) is 0 Å². The summed E-state index contributed by atoms with van der Waals surface area (Å²) in [5, 5.41) is 13.2. The minimum atomic E-state index is 0.394. The van der Waals surface area contributed by atoms with Crippen molar-refractivity contribution in [2.45, 2.75) is 64.8 Å². The summed E-state index contributed by atoms with van der Waals surface area (Å²) in [5.41, 5.74) is 0. The van der Waals surface area contributed by atoms with Crippen LogP contribution in [0.15, 0.2) is 0 Å². The van der Waals surface area contributed by atoms with E-state index in [1.165, 1.54) is 44.9 Å². The Balaban J connectivity index is 1.72. The Morgan fingerprint density at radius 2 is 1.78 bits per heavy atom. The van der Waals surface area contributed by atoms with E-state index >= 15 is 0 Å². The number of hydrogen-bond donors (Lipinski definition) is 2. The molecular formula is C16H31NO. The molecule has 4 unspecified atom stereocenters. The molecule has 0 amide bonds. The third kappa shape index (κ3) is 3.71. The van der Waals surface area contributed by atoms with Gasteiger partial charge in [0.2, 0.25) is 0 Å². The van der Waals surface area contributed by atoms with Gasteiger partial charge in [-0.3, -0.25) is 0 Å². The summed E-state index contributed by atoms with van der Waals surface area (Å²) in [6.07, 6.45) is 9.43. The zero-order valence-electron chi connectivity index (χ0n) is 12.2. The van der Waals surface area contributed by atoms with E-state index in [2.05, 4.69) is 19.2 Å². The van der Waals surface area contributed by atoms with E-state index in [1.807, 2.05) is 0 Å². The SMILES string of the molecule is CC(C)C1CCCC(NCC2CCCC2CO)C1. The highest BCUT2D eigenvalue weighted by Gasteiger charge is 2.28. The van der Waals surface area contributed by atoms with Gasteiger partial charge in [0.05, 0.1) is 0 Å². The van der Waals surface area contributed by atoms with Crippen LogP contribution in [0.3, 0.4) is 0 Å². The van der Waals surface area contributed by atoms with Crippen LogP contribution in [0.2, 0.25) is 0 Å². The summed E-state index contributed by atoms with van der Waals surface area (Å²) in [6.45, 7) is 6.27. The second-order valence-electron chi connectivity index (χ2n) is 6.91. The minimum Gasteiger partial charge on any atom is -0.396 e. The maximum atomic E-state index is 9.36. The molecule has 106 valence electrons. The fraction of sp³-hybridized carbons (Fsp3) is 1.00. The average Bonchev–Trinajstić information content (AvgIpc) is 2.84. The van der Waals surface area contributed by atoms with Crippen LogP contribution in [-0.4, -0.2) is 24.3 Å². The van der Waals surface area contributed by atoms with Gasteiger partial charge in [-0.1, -0.05) is 33.1 Å². The lowest BCUT2D eigenvalue weighted by atomic mass is 9.79. The van der Waals surface area contributed by atoms with Gasteiger partial charge in [0.1, 0.15) is 0 Å². The Morgan fingerprint density at radius 3 is 2.50 bits per heavy atom. The summed E-state index contributed by atoms with van der Waals surface area (Å²) >= 11 is 0. The van der Waals surface area contributed by atoms with Crippen molar-refractivity contribution in [3.63, 3.8) is 0 Å². The van der Waals surface area contributed by atoms with Gasteiger partial charge in [-0.25, -0.2) is 0 Å². The molecular weight excluding hydrogens is 222 g/mol. The normalized spacial score (nSPS) is 37.3. The van der Waals surface area contributed by atoms with E-state index in [1.54, 1.807) is 0 Å². The van der Waals surface area contributed by atoms with Crippen molar-refractivity contribution in [3.05, 3.63) is 0 Å². The molecule has 0 heterocycles. The summed E-state index contributed by atoms with van der Waals surface area (Å²) in [5.74, 6) is 3.07. The number of rotatable bonds is 5. The summed E-state index contributed by atoms with van der Waals surface area (Å²) in [7, 11) is 0. The largest absolute Gasteiger partial charge is 0.396 e. The lowest BCUT2D eigenvalue weighted by molar-refractivity contribution is 0.180. The molecule has 2 rings (SSSR count). The topological polar surface area (TPSA) is 32.3 Å². The van der Waals surface area contributed by atoms with E-state index in [4.69, 9.17) is 0 Å². The average molecular weight is 253 g/mol. The molecule has 0 aromatic heterocycles. The van der Waals surface area contributed by atoms with Crippen molar-refractivity contribution in [1.29, 1.82) is 0 Å². The van der Waals surface area contributed by atoms with Gasteiger partial charge in [-0.05, 0) is 55.9 Å². The van der Waals surface area contributed by atoms with Gasteiger partial charge in [-0.2, -0.15) is 0 Å². The molecule has 2 nitrogen and oxygen atoms in total. The standard InChI is InChI=1S/C16H31NO/c1-12(2)13-5-4-8-16(9-13)17-10-14-6-3-7-15(14)11-18/h12-18H,3-11H2,1-2H3. The minimum absolute atomic E-state index is 0.394. The lowest BCUT2D eigenvalue weighted by Crippen LogP contribution is -2.39. The summed E-state index contributed by atoms with van der Waals surface area (Å²) in [4.78, 5) is 0. The smallest absolute Gasteiger partial charge is 0.0462 e. The van der Waals surface area contributed by atoms with Gasteiger partial charge >= 0.3 is 0 Å². The third-order valence-electron chi connectivity index (χ3n) is 5.38. The summed E-state index contributed by atoms with van der Waals surface area (Å²) < 4.78 is 0. The zero-order chi connectivity index (χ0) is 13.0. The maximum absolute atomic E-state index is 9.36. The van der Waals surface area contributed by atoms with Crippen LogP contribution >= 0.6 is 0 Å². The van der Waals surface area contributed by atoms with Crippen molar-refractivity contribution in [2.75, 3.05) is 13.2 Å². The van der Waals surface area contributed by atoms with E-state index in [9.17, 15) is 5.11 Å². The van der Waals surface area contributed by atoms with E-state index in [0.29, 0.717) is 12.5 Å². The molecule has 18 heavy (non-hydrogen) atoms. The second kappa shape index (κ2) is 6.91. The molecule has 2 saturated carbocycles. The van der Waals surface area contributed by atoms with Gasteiger partial charge in [0, 0.05) is 12.6 Å². The fourth-order valence-corrected chi connectivity index (χ4v) is 3.96. The van der Waals surface area contributed by atoms with Crippen LogP contribution in [-0.2, 0) is 0 Å². The molecule has 2 N–H and O–H groups in total. The quantitative estimate of drug-likeness (QED) is 0.788. The van der Waals surface area contributed by atoms with E-state index in [-0.39, 0.29) is 0 Å². The zero-order valence-corrected chi connectivity index (χ0v) is 12.2. The first kappa shape index (κ1) is 14.3. The van der Waals surface area contributed by atoms with Crippen LogP contribution in [0.1, 0.15) is 58.8 Å². The summed E-state index contributed by atoms with van der Waals surface area (Å²) in [6, 6.07) is 0.742. The predicted molar refractivity (Wildman–Crippen MR) is 76.5 cm³/mol. The van der Waals surface area contributed by atoms with E-state index < -0.39 is 0 Å². The van der Waals surface area contributed by atoms with Crippen molar-refractivity contribution in [2.24, 2.45) is 23.7 Å². The Hall–Kier alpha value is -0.0800. The van der Waals surface area contributed by atoms with Gasteiger partial charge < -0.3 is 10.4 Å². The third-order valence-corrected chi connectivity index (χ3v) is 5.38. The first-order valence-corrected chi connectivity index (χ1v) is 8.05. The lowest BCUT2D eigenvalue weighted by Gasteiger charge is -2.33. The number of aliphatic hydroxyl groups excluding tert-OH is 1. The Bertz CT molecular complexity index is 241. The molecule has 0 bridgehead atoms. The predicted octanol–water partition coefficient (Wildman–Crippen LogP) is 3.20. The van der Waals surface area contributed by atoms with Crippen molar-refractivity contribution in [3.8, 4) is 0 Å². The first-order chi connectivity index (χ1) is 8.70. The molecule has 0 saturated heterocycles. The first-order valence-electron chi connectivity index (χ1n) is 8.05. The number of nitrogens with one attached hydrogen (secondary N) is 1. The Morgan fingerprint density at radius 1 is 1.06 bits per heavy atom. The van der Waals surface area contributed by atoms with Crippen molar-refractivity contribution >= 4 is 0 Å². The van der Waals surface area contributed by atoms with Crippen LogP contribution < -0.4 is 5.32 Å². The number of aliphatic hydroxyl groups is 1. The fourth-order valence-electron chi connectivity index (χ4n) is 3.96. The monoisotopic (exact) mass is 253 g/mol. The van der Waals surface area contributed by atoms with Gasteiger partial charge in [-0.15, -0.1) is 0 Å². The molecule has 0 aliphatic heterocycles. The second-order valence-corrected chi connectivity index (χ2v) is 6.91. The highest BCUT2D eigenvalue weighted by atomic mass is 16.3. The Kier molecular flexibility index (Phi) is 5.50. The highest BCUT2D eigenvalue weighted by Crippen LogP contribution is 2.33. The molecule has 0 spiro atoms. The highest BCUT2D eigenvalue weighted by molar-refractivity contribution is 4.83. The van der Waals surface area contributed by atoms with Crippen LogP contribution in [0, 0.1) is 23.7 Å². The molecule has 0 aromatic rings. The van der Waals surface area contributed by atoms with Crippen molar-refractivity contribution < 1.29 is 5.11 Å². The molecule has 0 radical (unpaired) electrons. The molecule has 2 aliphatic carbocycles. The van der Waals surface area contributed by atoms with Crippen LogP contribution in [0.5, 0.6) is 0 Å². The molecule has 2 fully saturated rings. The van der Waals surface area contributed by atoms with E-state index in [0.717, 1.165) is 30.3 Å². The van der Waals surface area contributed by atoms with Crippen LogP contribution in [0.4, 0.5) is 0 Å². The van der Waals surface area contributed by atoms with Crippen molar-refractivity contribution in [1.82, 2.24) is 5.32 Å². The molecule has 4 atom stereocenters. The molecule has 2 heteroatoms. The molecule has 2 aliphatic rings. The van der Waals surface area contributed by atoms with Crippen LogP contribution in [0.25, 0.3) is 0 Å². The maximum Gasteiger partial charge on any atom is 0.0462 e.